The maximum Gasteiger partial charge on any atom is 0.0655 e. The highest BCUT2D eigenvalue weighted by Crippen LogP contribution is 2.30. The van der Waals surface area contributed by atoms with Gasteiger partial charge in [0.2, 0.25) is 0 Å². The minimum Gasteiger partial charge on any atom is -0.198 e. The van der Waals surface area contributed by atoms with Gasteiger partial charge >= 0.3 is 0 Å². The highest BCUT2D eigenvalue weighted by molar-refractivity contribution is 5.32. The van der Waals surface area contributed by atoms with Crippen molar-refractivity contribution >= 4 is 0 Å². The highest BCUT2D eigenvalue weighted by atomic mass is 14.3. The minimum absolute atomic E-state index is 0.171. The molecule has 0 fully saturated rings. The summed E-state index contributed by atoms with van der Waals surface area (Å²) in [7, 11) is 0. The Morgan fingerprint density at radius 1 is 0.850 bits per heavy atom. The van der Waals surface area contributed by atoms with Crippen LogP contribution in [0.25, 0.3) is 0 Å². The fourth-order valence-electron chi connectivity index (χ4n) is 2.62. The van der Waals surface area contributed by atoms with E-state index in [4.69, 9.17) is 5.26 Å². The molecule has 1 atom stereocenters. The predicted octanol–water partition coefficient (Wildman–Crippen LogP) is 5.15. The molecule has 0 aliphatic carbocycles. The van der Waals surface area contributed by atoms with E-state index in [1.807, 2.05) is 0 Å². The maximum atomic E-state index is 9.13. The van der Waals surface area contributed by atoms with Gasteiger partial charge in [0.1, 0.15) is 0 Å². The molecule has 0 radical (unpaired) electrons. The third kappa shape index (κ3) is 3.71. The Labute approximate surface area is 121 Å². The molecule has 0 spiro atoms. The Kier molecular flexibility index (Phi) is 5.38. The van der Waals surface area contributed by atoms with Gasteiger partial charge in [-0.15, -0.1) is 0 Å². The van der Waals surface area contributed by atoms with Crippen molar-refractivity contribution in [2.24, 2.45) is 5.92 Å². The van der Waals surface area contributed by atoms with Crippen LogP contribution < -0.4 is 0 Å². The topological polar surface area (TPSA) is 23.8 Å². The third-order valence-electron chi connectivity index (χ3n) is 3.88. The molecular formula is C19H21N. The number of hydrogen-bond donors (Lipinski definition) is 0. The third-order valence-corrected chi connectivity index (χ3v) is 3.88. The lowest BCUT2D eigenvalue weighted by Crippen LogP contribution is -2.04. The van der Waals surface area contributed by atoms with Gasteiger partial charge in [0.05, 0.1) is 6.07 Å². The fraction of sp³-hybridized carbons (Fsp3) is 0.316. The van der Waals surface area contributed by atoms with Crippen molar-refractivity contribution in [2.75, 3.05) is 0 Å². The summed E-state index contributed by atoms with van der Waals surface area (Å²) in [6, 6.07) is 23.6. The van der Waals surface area contributed by atoms with E-state index in [-0.39, 0.29) is 5.92 Å². The van der Waals surface area contributed by atoms with E-state index in [2.05, 4.69) is 73.7 Å². The van der Waals surface area contributed by atoms with E-state index in [9.17, 15) is 0 Å². The molecule has 0 aromatic heterocycles. The van der Waals surface area contributed by atoms with Crippen molar-refractivity contribution in [2.45, 2.75) is 32.1 Å². The second kappa shape index (κ2) is 7.50. The summed E-state index contributed by atoms with van der Waals surface area (Å²) in [4.78, 5) is 0. The molecule has 0 N–H and O–H groups in total. The van der Waals surface area contributed by atoms with Gasteiger partial charge < -0.3 is 0 Å². The van der Waals surface area contributed by atoms with Gasteiger partial charge in [0.15, 0.2) is 0 Å². The van der Waals surface area contributed by atoms with Crippen molar-refractivity contribution in [3.63, 3.8) is 0 Å². The average Bonchev–Trinajstić information content (AvgIpc) is 2.53. The summed E-state index contributed by atoms with van der Waals surface area (Å²) in [5, 5.41) is 9.13. The molecule has 0 saturated carbocycles. The smallest absolute Gasteiger partial charge is 0.0655 e. The van der Waals surface area contributed by atoms with Gasteiger partial charge in [-0.05, 0) is 30.4 Å². The van der Waals surface area contributed by atoms with E-state index < -0.39 is 0 Å². The molecule has 2 rings (SSSR count). The first-order valence-corrected chi connectivity index (χ1v) is 7.34. The zero-order chi connectivity index (χ0) is 14.2. The molecule has 2 aromatic carbocycles. The average molecular weight is 263 g/mol. The van der Waals surface area contributed by atoms with Crippen LogP contribution in [0.3, 0.4) is 0 Å². The van der Waals surface area contributed by atoms with E-state index in [1.54, 1.807) is 0 Å². The molecular weight excluding hydrogens is 242 g/mol. The van der Waals surface area contributed by atoms with Crippen LogP contribution in [-0.2, 0) is 0 Å². The van der Waals surface area contributed by atoms with Crippen LogP contribution in [0.2, 0.25) is 0 Å². The first kappa shape index (κ1) is 14.3. The highest BCUT2D eigenvalue weighted by Gasteiger charge is 2.15. The summed E-state index contributed by atoms with van der Waals surface area (Å²) >= 11 is 0. The Morgan fingerprint density at radius 3 is 1.75 bits per heavy atom. The minimum atomic E-state index is 0.171. The number of benzene rings is 2. The lowest BCUT2D eigenvalue weighted by atomic mass is 9.85. The van der Waals surface area contributed by atoms with Crippen LogP contribution in [0.1, 0.15) is 43.2 Å². The van der Waals surface area contributed by atoms with Gasteiger partial charge in [-0.1, -0.05) is 67.6 Å². The molecule has 1 nitrogen and oxygen atoms in total. The molecule has 20 heavy (non-hydrogen) atoms. The van der Waals surface area contributed by atoms with Crippen molar-refractivity contribution in [1.82, 2.24) is 0 Å². The van der Waals surface area contributed by atoms with Gasteiger partial charge in [0.25, 0.3) is 0 Å². The van der Waals surface area contributed by atoms with Crippen LogP contribution in [0.4, 0.5) is 0 Å². The van der Waals surface area contributed by atoms with E-state index in [1.165, 1.54) is 11.1 Å². The summed E-state index contributed by atoms with van der Waals surface area (Å²) in [6.07, 6.45) is 2.92. The lowest BCUT2D eigenvalue weighted by molar-refractivity contribution is 0.531. The number of nitriles is 1. The Bertz CT molecular complexity index is 499. The van der Waals surface area contributed by atoms with Crippen molar-refractivity contribution in [3.05, 3.63) is 71.8 Å². The molecule has 0 aliphatic rings. The number of rotatable bonds is 6. The first-order chi connectivity index (χ1) is 9.85. The quantitative estimate of drug-likeness (QED) is 0.707. The van der Waals surface area contributed by atoms with Crippen molar-refractivity contribution in [1.29, 1.82) is 5.26 Å². The van der Waals surface area contributed by atoms with Crippen LogP contribution in [0.5, 0.6) is 0 Å². The van der Waals surface area contributed by atoms with Gasteiger partial charge in [-0.25, -0.2) is 0 Å². The van der Waals surface area contributed by atoms with Crippen LogP contribution in [0.15, 0.2) is 60.7 Å². The zero-order valence-corrected chi connectivity index (χ0v) is 12.0. The fourth-order valence-corrected chi connectivity index (χ4v) is 2.62. The summed E-state index contributed by atoms with van der Waals surface area (Å²) < 4.78 is 0. The Balaban J connectivity index is 2.20. The van der Waals surface area contributed by atoms with Gasteiger partial charge in [-0.3, -0.25) is 0 Å². The molecule has 1 heteroatoms. The summed E-state index contributed by atoms with van der Waals surface area (Å²) in [5.74, 6) is 0.560. The summed E-state index contributed by atoms with van der Waals surface area (Å²) in [5.41, 5.74) is 2.68. The van der Waals surface area contributed by atoms with Gasteiger partial charge in [-0.2, -0.15) is 5.26 Å². The van der Waals surface area contributed by atoms with E-state index in [0.717, 1.165) is 19.3 Å². The standard InChI is InChI=1S/C19H21N/c1-2-16(15-20)13-14-19(17-9-5-3-6-10-17)18-11-7-4-8-12-18/h3-12,16,19H,2,13-14H2,1H3. The SMILES string of the molecule is CCC(C#N)CCC(c1ccccc1)c1ccccc1. The number of hydrogen-bond acceptors (Lipinski definition) is 1. The first-order valence-electron chi connectivity index (χ1n) is 7.34. The second-order valence-electron chi connectivity index (χ2n) is 5.19. The van der Waals surface area contributed by atoms with Gasteiger partial charge in [0, 0.05) is 11.8 Å². The lowest BCUT2D eigenvalue weighted by Gasteiger charge is -2.19. The largest absolute Gasteiger partial charge is 0.198 e. The second-order valence-corrected chi connectivity index (χ2v) is 5.19. The normalized spacial score (nSPS) is 12.1. The Hall–Kier alpha value is -2.07. The molecule has 2 aromatic rings. The number of nitrogens with zero attached hydrogens (tertiary/aromatic N) is 1. The van der Waals surface area contributed by atoms with Crippen molar-refractivity contribution < 1.29 is 0 Å². The molecule has 0 saturated heterocycles. The van der Waals surface area contributed by atoms with Crippen LogP contribution >= 0.6 is 0 Å². The predicted molar refractivity (Wildman–Crippen MR) is 83.4 cm³/mol. The molecule has 1 unspecified atom stereocenters. The molecule has 0 heterocycles. The Morgan fingerprint density at radius 2 is 1.35 bits per heavy atom. The molecule has 0 aliphatic heterocycles. The van der Waals surface area contributed by atoms with Crippen molar-refractivity contribution in [3.8, 4) is 6.07 Å². The van der Waals surface area contributed by atoms with Crippen LogP contribution in [-0.4, -0.2) is 0 Å². The zero-order valence-electron chi connectivity index (χ0n) is 12.0. The van der Waals surface area contributed by atoms with E-state index >= 15 is 0 Å². The van der Waals surface area contributed by atoms with Crippen LogP contribution in [0, 0.1) is 17.2 Å². The summed E-state index contributed by atoms with van der Waals surface area (Å²) in [6.45, 7) is 2.09. The molecule has 0 bridgehead atoms. The molecule has 0 amide bonds. The molecule has 102 valence electrons. The maximum absolute atomic E-state index is 9.13. The monoisotopic (exact) mass is 263 g/mol. The van der Waals surface area contributed by atoms with E-state index in [0.29, 0.717) is 5.92 Å².